The third-order valence-electron chi connectivity index (χ3n) is 0.567. The molecule has 1 aliphatic rings. The Bertz CT molecular complexity index is 116. The van der Waals surface area contributed by atoms with Crippen LogP contribution in [-0.4, -0.2) is 33.4 Å². The first-order chi connectivity index (χ1) is 3.80. The molecule has 0 saturated carbocycles. The summed E-state index contributed by atoms with van der Waals surface area (Å²) in [5, 5.41) is 23.5. The fourth-order valence-electron chi connectivity index (χ4n) is 0.271. The van der Waals surface area contributed by atoms with Gasteiger partial charge in [0, 0.05) is 0 Å². The lowest BCUT2D eigenvalue weighted by molar-refractivity contribution is -0.370. The van der Waals surface area contributed by atoms with Gasteiger partial charge in [0.2, 0.25) is 0 Å². The second-order valence-corrected chi connectivity index (χ2v) is 1.07. The average Bonchev–Trinajstić information content (AvgIpc) is 1.77. The van der Waals surface area contributed by atoms with E-state index in [9.17, 15) is 0 Å². The van der Waals surface area contributed by atoms with E-state index >= 15 is 0 Å². The summed E-state index contributed by atoms with van der Waals surface area (Å²) < 4.78 is 0. The molecule has 0 fully saturated rings. The van der Waals surface area contributed by atoms with Crippen LogP contribution < -0.4 is 0 Å². The van der Waals surface area contributed by atoms with Gasteiger partial charge >= 0.3 is 0 Å². The third-order valence-corrected chi connectivity index (χ3v) is 0.567. The summed E-state index contributed by atoms with van der Waals surface area (Å²) in [6.07, 6.45) is 2.46. The van der Waals surface area contributed by atoms with Gasteiger partial charge in [-0.3, -0.25) is 0 Å². The predicted octanol–water partition coefficient (Wildman–Crippen LogP) is -0.731. The molecule has 1 rings (SSSR count). The lowest BCUT2D eigenvalue weighted by Crippen LogP contribution is -2.31. The quantitative estimate of drug-likeness (QED) is 0.437. The highest BCUT2D eigenvalue weighted by Crippen LogP contribution is 1.91. The van der Waals surface area contributed by atoms with E-state index < -0.39 is 0 Å². The van der Waals surface area contributed by atoms with Crippen LogP contribution in [-0.2, 0) is 0 Å². The minimum Gasteiger partial charge on any atom is -0.249 e. The number of nitrogens with zero attached hydrogens (tertiary/aromatic N) is 4. The van der Waals surface area contributed by atoms with Crippen molar-refractivity contribution >= 4 is 12.4 Å². The zero-order valence-corrected chi connectivity index (χ0v) is 3.84. The Morgan fingerprint density at radius 1 is 1.00 bits per heavy atom. The maximum absolute atomic E-state index is 8.38. The van der Waals surface area contributed by atoms with Crippen molar-refractivity contribution in [1.82, 2.24) is 10.6 Å². The largest absolute Gasteiger partial charge is 0.249 e. The molecule has 0 aromatic carbocycles. The maximum atomic E-state index is 8.38. The number of hydrazone groups is 2. The average molecular weight is 116 g/mol. The van der Waals surface area contributed by atoms with Gasteiger partial charge in [-0.2, -0.15) is 0 Å². The van der Waals surface area contributed by atoms with Gasteiger partial charge in [-0.05, 0) is 10.6 Å². The molecule has 1 heterocycles. The maximum Gasteiger partial charge on any atom is 0.0720 e. The Morgan fingerprint density at radius 2 is 1.38 bits per heavy atom. The summed E-state index contributed by atoms with van der Waals surface area (Å²) in [5.74, 6) is 0. The van der Waals surface area contributed by atoms with Gasteiger partial charge in [0.1, 0.15) is 0 Å². The standard InChI is InChI=1S/C2H4N4O2/c7-5-3-1-2-4-6(5)8/h1-2,7-8H. The van der Waals surface area contributed by atoms with E-state index in [1.165, 1.54) is 12.4 Å². The Morgan fingerprint density at radius 3 is 1.62 bits per heavy atom. The third kappa shape index (κ3) is 0.745. The van der Waals surface area contributed by atoms with Gasteiger partial charge in [-0.1, -0.05) is 0 Å². The van der Waals surface area contributed by atoms with E-state index in [1.54, 1.807) is 0 Å². The zero-order chi connectivity index (χ0) is 5.98. The van der Waals surface area contributed by atoms with Crippen molar-refractivity contribution < 1.29 is 10.4 Å². The minimum atomic E-state index is 0.194. The Labute approximate surface area is 44.8 Å². The lowest BCUT2D eigenvalue weighted by atomic mass is 10.8. The molecule has 2 N–H and O–H groups in total. The number of hydrogen-bond acceptors (Lipinski definition) is 6. The molecule has 1 aliphatic heterocycles. The van der Waals surface area contributed by atoms with Crippen LogP contribution in [0.25, 0.3) is 0 Å². The van der Waals surface area contributed by atoms with Crippen molar-refractivity contribution in [3.05, 3.63) is 0 Å². The van der Waals surface area contributed by atoms with E-state index in [1.807, 2.05) is 0 Å². The summed E-state index contributed by atoms with van der Waals surface area (Å²) in [5.41, 5.74) is 0. The first-order valence-electron chi connectivity index (χ1n) is 1.85. The van der Waals surface area contributed by atoms with Crippen LogP contribution in [0.5, 0.6) is 0 Å². The molecule has 8 heavy (non-hydrogen) atoms. The highest BCUT2D eigenvalue weighted by Gasteiger charge is 2.03. The molecule has 0 aromatic heterocycles. The number of rotatable bonds is 0. The van der Waals surface area contributed by atoms with Crippen LogP contribution in [0.4, 0.5) is 0 Å². The summed E-state index contributed by atoms with van der Waals surface area (Å²) in [6, 6.07) is 0. The topological polar surface area (TPSA) is 71.7 Å². The molecule has 0 unspecified atom stereocenters. The van der Waals surface area contributed by atoms with Crippen molar-refractivity contribution in [3.63, 3.8) is 0 Å². The normalized spacial score (nSPS) is 17.8. The van der Waals surface area contributed by atoms with Crippen molar-refractivity contribution in [1.29, 1.82) is 0 Å². The van der Waals surface area contributed by atoms with Gasteiger partial charge in [-0.15, -0.1) is 10.2 Å². The van der Waals surface area contributed by atoms with Crippen LogP contribution in [0.15, 0.2) is 10.2 Å². The van der Waals surface area contributed by atoms with Crippen LogP contribution in [0, 0.1) is 0 Å². The van der Waals surface area contributed by atoms with Crippen LogP contribution >= 0.6 is 0 Å². The van der Waals surface area contributed by atoms with E-state index in [0.29, 0.717) is 0 Å². The first kappa shape index (κ1) is 5.01. The molecule has 0 aliphatic carbocycles. The second-order valence-electron chi connectivity index (χ2n) is 1.07. The number of hydrazine groups is 1. The van der Waals surface area contributed by atoms with Crippen molar-refractivity contribution in [2.75, 3.05) is 0 Å². The van der Waals surface area contributed by atoms with Gasteiger partial charge in [0.25, 0.3) is 0 Å². The van der Waals surface area contributed by atoms with E-state index in [0.717, 1.165) is 0 Å². The first-order valence-corrected chi connectivity index (χ1v) is 1.85. The van der Waals surface area contributed by atoms with Crippen molar-refractivity contribution in [2.45, 2.75) is 0 Å². The van der Waals surface area contributed by atoms with E-state index in [2.05, 4.69) is 10.2 Å². The minimum absolute atomic E-state index is 0.194. The van der Waals surface area contributed by atoms with Crippen molar-refractivity contribution in [2.24, 2.45) is 10.2 Å². The molecule has 6 heteroatoms. The van der Waals surface area contributed by atoms with Gasteiger partial charge in [-0.25, -0.2) is 10.4 Å². The van der Waals surface area contributed by atoms with Crippen LogP contribution in [0.1, 0.15) is 0 Å². The Hall–Kier alpha value is -1.14. The van der Waals surface area contributed by atoms with Crippen LogP contribution in [0.2, 0.25) is 0 Å². The molecule has 6 nitrogen and oxygen atoms in total. The lowest BCUT2D eigenvalue weighted by Gasteiger charge is -2.16. The molecule has 0 aromatic rings. The molecule has 0 bridgehead atoms. The summed E-state index contributed by atoms with van der Waals surface area (Å²) >= 11 is 0. The smallest absolute Gasteiger partial charge is 0.0720 e. The molecule has 0 saturated heterocycles. The SMILES string of the molecule is ON1N=CC=NN1O. The molecular formula is C2H4N4O2. The highest BCUT2D eigenvalue weighted by atomic mass is 16.7. The predicted molar refractivity (Wildman–Crippen MR) is 24.2 cm³/mol. The summed E-state index contributed by atoms with van der Waals surface area (Å²) in [6.45, 7) is 0. The fourth-order valence-corrected chi connectivity index (χ4v) is 0.271. The van der Waals surface area contributed by atoms with Gasteiger partial charge in [0.05, 0.1) is 12.4 Å². The number of hydrogen-bond donors (Lipinski definition) is 2. The summed E-state index contributed by atoms with van der Waals surface area (Å²) in [7, 11) is 0. The van der Waals surface area contributed by atoms with Gasteiger partial charge in [0.15, 0.2) is 0 Å². The molecule has 0 atom stereocenters. The fraction of sp³-hybridized carbons (Fsp3) is 0. The summed E-state index contributed by atoms with van der Waals surface area (Å²) in [4.78, 5) is 0. The van der Waals surface area contributed by atoms with Crippen LogP contribution in [0.3, 0.4) is 0 Å². The Balaban J connectivity index is 2.59. The molecule has 0 radical (unpaired) electrons. The Kier molecular flexibility index (Phi) is 1.10. The molecule has 0 amide bonds. The van der Waals surface area contributed by atoms with Crippen molar-refractivity contribution in [3.8, 4) is 0 Å². The molecular weight excluding hydrogens is 112 g/mol. The highest BCUT2D eigenvalue weighted by molar-refractivity contribution is 6.15. The second kappa shape index (κ2) is 1.76. The zero-order valence-electron chi connectivity index (χ0n) is 3.84. The van der Waals surface area contributed by atoms with Gasteiger partial charge < -0.3 is 0 Å². The molecule has 0 spiro atoms. The van der Waals surface area contributed by atoms with E-state index in [4.69, 9.17) is 10.4 Å². The molecule has 44 valence electrons. The monoisotopic (exact) mass is 116 g/mol. The van der Waals surface area contributed by atoms with E-state index in [-0.39, 0.29) is 10.6 Å².